The summed E-state index contributed by atoms with van der Waals surface area (Å²) in [5.74, 6) is -1.14. The molecule has 3 N–H and O–H groups in total. The SMILES string of the molecule is CCC12CC(C3=C(C[N+]4=CCN(C5=CC[C@H](C(=O)NS(=O)(=O)C6=C=C=C(NCC7C=COCC7)C([N+](=O)[O-])=C6)C(Oc6cnc7[nH]ccc7c6)=C5)CC4)CCC(C)(C)C3)(C1)C2. The average Bonchev–Trinajstić information content (AvgIpc) is 3.69. The molecule has 2 aromatic heterocycles. The third kappa shape index (κ3) is 8.14. The largest absolute Gasteiger partial charge is 0.501 e. The van der Waals surface area contributed by atoms with E-state index in [2.05, 4.69) is 67.9 Å². The molecular weight excluding hydrogens is 795 g/mol. The number of rotatable bonds is 14. The number of aromatic nitrogens is 2. The first kappa shape index (κ1) is 40.8. The van der Waals surface area contributed by atoms with Crippen LogP contribution in [0.3, 0.4) is 0 Å². The summed E-state index contributed by atoms with van der Waals surface area (Å²) in [6.07, 6.45) is 23.6. The van der Waals surface area contributed by atoms with Crippen molar-refractivity contribution in [2.45, 2.75) is 78.6 Å². The van der Waals surface area contributed by atoms with Gasteiger partial charge in [-0.05, 0) is 103 Å². The van der Waals surface area contributed by atoms with Crippen LogP contribution in [0.2, 0.25) is 0 Å². The number of pyridine rings is 1. The lowest BCUT2D eigenvalue weighted by molar-refractivity contribution is -0.521. The number of nitrogens with zero attached hydrogens (tertiary/aromatic N) is 4. The van der Waals surface area contributed by atoms with Crippen molar-refractivity contribution in [2.24, 2.45) is 28.1 Å². The van der Waals surface area contributed by atoms with Crippen LogP contribution in [-0.2, 0) is 19.6 Å². The van der Waals surface area contributed by atoms with Gasteiger partial charge in [0.2, 0.25) is 5.91 Å². The van der Waals surface area contributed by atoms with Crippen molar-refractivity contribution >= 4 is 33.2 Å². The number of fused-ring (bicyclic) bond motifs is 1. The zero-order valence-electron chi connectivity index (χ0n) is 35.1. The van der Waals surface area contributed by atoms with E-state index in [0.29, 0.717) is 47.3 Å². The van der Waals surface area contributed by atoms with Crippen LogP contribution in [-0.4, -0.2) is 84.2 Å². The minimum atomic E-state index is -4.60. The number of hydrogen-bond donors (Lipinski definition) is 3. The Morgan fingerprint density at radius 1 is 1.23 bits per heavy atom. The molecule has 1 unspecified atom stereocenters. The monoisotopic (exact) mass is 848 g/mol. The van der Waals surface area contributed by atoms with Gasteiger partial charge in [0.25, 0.3) is 10.0 Å². The van der Waals surface area contributed by atoms with Crippen LogP contribution < -0.4 is 14.8 Å². The Labute approximate surface area is 356 Å². The molecule has 2 bridgehead atoms. The minimum absolute atomic E-state index is 0.000602. The Hall–Kier alpha value is -5.62. The van der Waals surface area contributed by atoms with Crippen molar-refractivity contribution in [2.75, 3.05) is 39.3 Å². The first-order chi connectivity index (χ1) is 29.2. The predicted molar refractivity (Wildman–Crippen MR) is 230 cm³/mol. The van der Waals surface area contributed by atoms with E-state index in [4.69, 9.17) is 9.47 Å². The maximum absolute atomic E-state index is 14.0. The van der Waals surface area contributed by atoms with E-state index >= 15 is 0 Å². The number of ether oxygens (including phenoxy) is 2. The molecule has 10 rings (SSSR count). The number of sulfonamides is 1. The summed E-state index contributed by atoms with van der Waals surface area (Å²) in [5, 5.41) is 15.8. The number of carbonyl (C=O) groups is 1. The van der Waals surface area contributed by atoms with Crippen molar-refractivity contribution in [3.05, 3.63) is 116 Å². The van der Waals surface area contributed by atoms with Gasteiger partial charge in [-0.25, -0.2) is 22.7 Å². The van der Waals surface area contributed by atoms with Gasteiger partial charge >= 0.3 is 5.70 Å². The van der Waals surface area contributed by atoms with E-state index in [1.54, 1.807) is 41.9 Å². The van der Waals surface area contributed by atoms with Gasteiger partial charge < -0.3 is 24.7 Å². The molecule has 6 aliphatic carbocycles. The molecule has 2 atom stereocenters. The smallest absolute Gasteiger partial charge is 0.303 e. The molecule has 0 aromatic carbocycles. The van der Waals surface area contributed by atoms with Crippen LogP contribution in [0.1, 0.15) is 78.6 Å². The second-order valence-corrected chi connectivity index (χ2v) is 20.4. The number of amides is 1. The molecule has 61 heavy (non-hydrogen) atoms. The first-order valence-corrected chi connectivity index (χ1v) is 23.0. The Bertz CT molecular complexity index is 2580. The highest BCUT2D eigenvalue weighted by Crippen LogP contribution is 2.79. The summed E-state index contributed by atoms with van der Waals surface area (Å²) in [6, 6.07) is 3.67. The number of aromatic amines is 1. The molecule has 0 spiro atoms. The van der Waals surface area contributed by atoms with Crippen LogP contribution in [0.15, 0.2) is 105 Å². The van der Waals surface area contributed by atoms with Crippen molar-refractivity contribution in [3.63, 3.8) is 0 Å². The van der Waals surface area contributed by atoms with E-state index in [-0.39, 0.29) is 23.8 Å². The Morgan fingerprint density at radius 3 is 2.80 bits per heavy atom. The van der Waals surface area contributed by atoms with Gasteiger partial charge in [-0.1, -0.05) is 38.8 Å². The van der Waals surface area contributed by atoms with E-state index in [0.717, 1.165) is 43.2 Å². The molecule has 14 nitrogen and oxygen atoms in total. The second-order valence-electron chi connectivity index (χ2n) is 18.7. The fraction of sp³-hybridized carbons (Fsp3) is 0.500. The first-order valence-electron chi connectivity index (χ1n) is 21.5. The topological polar surface area (TPSA) is 172 Å². The van der Waals surface area contributed by atoms with Crippen LogP contribution in [0.25, 0.3) is 11.0 Å². The van der Waals surface area contributed by atoms with Crippen LogP contribution >= 0.6 is 0 Å². The molecular formula is C46H54N7O7S+. The predicted octanol–water partition coefficient (Wildman–Crippen LogP) is 6.50. The third-order valence-corrected chi connectivity index (χ3v) is 15.2. The summed E-state index contributed by atoms with van der Waals surface area (Å²) in [5.41, 5.74) is 11.0. The van der Waals surface area contributed by atoms with Gasteiger partial charge in [0, 0.05) is 41.9 Å². The van der Waals surface area contributed by atoms with Crippen molar-refractivity contribution in [1.82, 2.24) is 24.9 Å². The van der Waals surface area contributed by atoms with Crippen molar-refractivity contribution < 1.29 is 32.2 Å². The summed E-state index contributed by atoms with van der Waals surface area (Å²) < 4.78 is 43.5. The summed E-state index contributed by atoms with van der Waals surface area (Å²) >= 11 is 0. The molecule has 15 heteroatoms. The van der Waals surface area contributed by atoms with Crippen LogP contribution in [0, 0.1) is 38.2 Å². The molecule has 2 aromatic rings. The molecule has 0 radical (unpaired) electrons. The number of H-pyrrole nitrogens is 1. The van der Waals surface area contributed by atoms with Gasteiger partial charge in [-0.2, -0.15) is 0 Å². The molecule has 3 fully saturated rings. The van der Waals surface area contributed by atoms with Gasteiger partial charge in [0.15, 0.2) is 25.0 Å². The quantitative estimate of drug-likeness (QED) is 0.0627. The lowest BCUT2D eigenvalue weighted by atomic mass is 9.31. The van der Waals surface area contributed by atoms with Crippen molar-refractivity contribution in [1.29, 1.82) is 0 Å². The Morgan fingerprint density at radius 2 is 2.07 bits per heavy atom. The normalized spacial score (nSPS) is 27.9. The van der Waals surface area contributed by atoms with E-state index in [1.807, 2.05) is 18.2 Å². The fourth-order valence-corrected chi connectivity index (χ4v) is 11.4. The standard InChI is InChI=1S/C46H53N7O7S/c1-4-45-28-46(29-45,30-45)38-24-44(2,3)13-9-33(38)27-51-15-17-52(18-16-51)34-5-7-37(41(22-34)60-35-21-32-10-14-47-42(32)49-26-35)43(54)50-61(57,58)36-6-8-39(40(23-36)53(55)56)48-25-31-11-19-59-20-12-31/h5,10-11,14-15,19,21-23,26,31,37,48H,4,7,9,12-13,16-18,20,24-25,27-30H2,1-3H3,(H-,47,49,50,54)/p+1/t31?,37-,45?,46?/m0/s1. The highest BCUT2D eigenvalue weighted by molar-refractivity contribution is 7.94. The highest BCUT2D eigenvalue weighted by atomic mass is 32.2. The third-order valence-electron chi connectivity index (χ3n) is 14.0. The number of hydrogen-bond acceptors (Lipinski definition) is 10. The van der Waals surface area contributed by atoms with E-state index < -0.39 is 37.4 Å². The van der Waals surface area contributed by atoms with Crippen LogP contribution in [0.5, 0.6) is 5.75 Å². The molecule has 3 saturated carbocycles. The molecule has 2 aliphatic heterocycles. The molecule has 0 saturated heterocycles. The molecule has 8 aliphatic rings. The van der Waals surface area contributed by atoms with Gasteiger partial charge in [-0.15, -0.1) is 0 Å². The van der Waals surface area contributed by atoms with E-state index in [1.165, 1.54) is 44.9 Å². The number of carbonyl (C=O) groups excluding carboxylic acids is 1. The molecule has 4 heterocycles. The zero-order chi connectivity index (χ0) is 42.6. The Balaban J connectivity index is 0.924. The lowest BCUT2D eigenvalue weighted by Crippen LogP contribution is -2.62. The van der Waals surface area contributed by atoms with Gasteiger partial charge in [0.05, 0.1) is 37.1 Å². The summed E-state index contributed by atoms with van der Waals surface area (Å²) in [6.45, 7) is 11.4. The second kappa shape index (κ2) is 15.7. The highest BCUT2D eigenvalue weighted by Gasteiger charge is 2.68. The number of allylic oxidation sites excluding steroid dienone is 4. The van der Waals surface area contributed by atoms with Crippen LogP contribution in [0.4, 0.5) is 0 Å². The average molecular weight is 849 g/mol. The summed E-state index contributed by atoms with van der Waals surface area (Å²) in [4.78, 5) is 34.5. The van der Waals surface area contributed by atoms with Gasteiger partial charge in [0.1, 0.15) is 28.0 Å². The maximum Gasteiger partial charge on any atom is 0.303 e. The number of nitro groups is 1. The maximum atomic E-state index is 14.0. The summed E-state index contributed by atoms with van der Waals surface area (Å²) in [7, 11) is -4.60. The molecule has 1 amide bonds. The molecule has 320 valence electrons. The van der Waals surface area contributed by atoms with Crippen molar-refractivity contribution in [3.8, 4) is 5.75 Å². The minimum Gasteiger partial charge on any atom is -0.501 e. The zero-order valence-corrected chi connectivity index (χ0v) is 35.9. The fourth-order valence-electron chi connectivity index (χ4n) is 10.4. The van der Waals surface area contributed by atoms with E-state index in [9.17, 15) is 23.3 Å². The number of nitrogens with one attached hydrogen (secondary N) is 3. The van der Waals surface area contributed by atoms with Gasteiger partial charge in [-0.3, -0.25) is 14.9 Å². The Kier molecular flexibility index (Phi) is 10.5. The lowest BCUT2D eigenvalue weighted by Gasteiger charge is -2.73.